The normalized spacial score (nSPS) is 12.2. The van der Waals surface area contributed by atoms with Crippen LogP contribution in [0.5, 0.6) is 0 Å². The second kappa shape index (κ2) is 5.86. The number of nitrogens with one attached hydrogen (secondary N) is 1. The SMILES string of the molecule is COC(C)CNC(=O)c1ccc(F)c(S)c1. The van der Waals surface area contributed by atoms with Gasteiger partial charge in [-0.1, -0.05) is 0 Å². The van der Waals surface area contributed by atoms with Crippen molar-refractivity contribution in [2.45, 2.75) is 17.9 Å². The lowest BCUT2D eigenvalue weighted by molar-refractivity contribution is 0.0870. The smallest absolute Gasteiger partial charge is 0.251 e. The molecule has 1 amide bonds. The Kier molecular flexibility index (Phi) is 4.76. The van der Waals surface area contributed by atoms with Gasteiger partial charge < -0.3 is 10.1 Å². The van der Waals surface area contributed by atoms with Crippen LogP contribution in [0.3, 0.4) is 0 Å². The van der Waals surface area contributed by atoms with Crippen LogP contribution in [0.4, 0.5) is 4.39 Å². The lowest BCUT2D eigenvalue weighted by atomic mass is 10.2. The zero-order chi connectivity index (χ0) is 12.1. The molecule has 0 bridgehead atoms. The number of benzene rings is 1. The van der Waals surface area contributed by atoms with E-state index in [-0.39, 0.29) is 16.9 Å². The third-order valence-corrected chi connectivity index (χ3v) is 2.50. The van der Waals surface area contributed by atoms with Crippen molar-refractivity contribution in [1.29, 1.82) is 0 Å². The Morgan fingerprint density at radius 1 is 1.62 bits per heavy atom. The van der Waals surface area contributed by atoms with Crippen LogP contribution < -0.4 is 5.32 Å². The average Bonchev–Trinajstić information content (AvgIpc) is 2.29. The molecular weight excluding hydrogens is 229 g/mol. The van der Waals surface area contributed by atoms with Crippen LogP contribution in [0.15, 0.2) is 23.1 Å². The van der Waals surface area contributed by atoms with Gasteiger partial charge in [0.1, 0.15) is 5.82 Å². The summed E-state index contributed by atoms with van der Waals surface area (Å²) in [6, 6.07) is 4.03. The summed E-state index contributed by atoms with van der Waals surface area (Å²) >= 11 is 3.91. The first-order valence-electron chi connectivity index (χ1n) is 4.84. The molecule has 0 heterocycles. The molecule has 16 heavy (non-hydrogen) atoms. The van der Waals surface area contributed by atoms with Crippen molar-refractivity contribution in [2.24, 2.45) is 0 Å². The van der Waals surface area contributed by atoms with Crippen LogP contribution in [0, 0.1) is 5.82 Å². The standard InChI is InChI=1S/C11H14FNO2S/c1-7(15-2)6-13-11(14)8-3-4-9(12)10(16)5-8/h3-5,7,16H,6H2,1-2H3,(H,13,14). The first-order valence-corrected chi connectivity index (χ1v) is 5.29. The van der Waals surface area contributed by atoms with E-state index in [1.54, 1.807) is 7.11 Å². The summed E-state index contributed by atoms with van der Waals surface area (Å²) in [5.41, 5.74) is 0.384. The Labute approximate surface area is 99.4 Å². The number of hydrogen-bond donors (Lipinski definition) is 2. The lowest BCUT2D eigenvalue weighted by Crippen LogP contribution is -2.31. The first kappa shape index (κ1) is 13.0. The molecule has 0 radical (unpaired) electrons. The highest BCUT2D eigenvalue weighted by Gasteiger charge is 2.09. The summed E-state index contributed by atoms with van der Waals surface area (Å²) in [6.45, 7) is 2.25. The van der Waals surface area contributed by atoms with Crippen LogP contribution in [-0.2, 0) is 4.74 Å². The van der Waals surface area contributed by atoms with Gasteiger partial charge >= 0.3 is 0 Å². The predicted octanol–water partition coefficient (Wildman–Crippen LogP) is 1.88. The Morgan fingerprint density at radius 3 is 2.88 bits per heavy atom. The first-order chi connectivity index (χ1) is 7.54. The predicted molar refractivity (Wildman–Crippen MR) is 62.5 cm³/mol. The summed E-state index contributed by atoms with van der Waals surface area (Å²) in [4.78, 5) is 11.8. The molecule has 0 aliphatic heterocycles. The number of methoxy groups -OCH3 is 1. The maximum atomic E-state index is 12.9. The van der Waals surface area contributed by atoms with E-state index in [0.29, 0.717) is 12.1 Å². The van der Waals surface area contributed by atoms with Crippen molar-refractivity contribution in [1.82, 2.24) is 5.32 Å². The van der Waals surface area contributed by atoms with Gasteiger partial charge in [0.25, 0.3) is 5.91 Å². The molecule has 5 heteroatoms. The van der Waals surface area contributed by atoms with Crippen molar-refractivity contribution in [2.75, 3.05) is 13.7 Å². The van der Waals surface area contributed by atoms with E-state index < -0.39 is 5.82 Å². The fourth-order valence-corrected chi connectivity index (χ4v) is 1.29. The number of halogens is 1. The van der Waals surface area contributed by atoms with Crippen molar-refractivity contribution in [3.8, 4) is 0 Å². The fraction of sp³-hybridized carbons (Fsp3) is 0.364. The number of thiol groups is 1. The number of ether oxygens (including phenoxy) is 1. The van der Waals surface area contributed by atoms with Crippen LogP contribution in [0.2, 0.25) is 0 Å². The topological polar surface area (TPSA) is 38.3 Å². The Bertz CT molecular complexity index is 384. The molecule has 1 aromatic rings. The zero-order valence-corrected chi connectivity index (χ0v) is 10.1. The highest BCUT2D eigenvalue weighted by atomic mass is 32.1. The largest absolute Gasteiger partial charge is 0.380 e. The second-order valence-electron chi connectivity index (χ2n) is 3.42. The maximum absolute atomic E-state index is 12.9. The molecule has 1 atom stereocenters. The highest BCUT2D eigenvalue weighted by Crippen LogP contribution is 2.14. The molecule has 1 unspecified atom stereocenters. The van der Waals surface area contributed by atoms with Gasteiger partial charge in [-0.05, 0) is 25.1 Å². The number of rotatable bonds is 4. The van der Waals surface area contributed by atoms with Crippen molar-refractivity contribution in [3.05, 3.63) is 29.6 Å². The van der Waals surface area contributed by atoms with Gasteiger partial charge in [-0.3, -0.25) is 4.79 Å². The molecule has 88 valence electrons. The minimum absolute atomic E-state index is 0.0557. The van der Waals surface area contributed by atoms with Gasteiger partial charge in [0, 0.05) is 24.1 Å². The average molecular weight is 243 g/mol. The number of carbonyl (C=O) groups is 1. The Morgan fingerprint density at radius 2 is 2.31 bits per heavy atom. The molecule has 0 saturated heterocycles. The molecule has 0 spiro atoms. The summed E-state index contributed by atoms with van der Waals surface area (Å²) < 4.78 is 17.9. The monoisotopic (exact) mass is 243 g/mol. The third kappa shape index (κ3) is 3.50. The van der Waals surface area contributed by atoms with Gasteiger partial charge in [0.2, 0.25) is 0 Å². The Hall–Kier alpha value is -1.07. The van der Waals surface area contributed by atoms with Gasteiger partial charge in [-0.25, -0.2) is 4.39 Å². The summed E-state index contributed by atoms with van der Waals surface area (Å²) in [5, 5.41) is 2.68. The molecule has 1 rings (SSSR count). The second-order valence-corrected chi connectivity index (χ2v) is 3.90. The molecule has 0 aliphatic rings. The maximum Gasteiger partial charge on any atom is 0.251 e. The van der Waals surface area contributed by atoms with Crippen LogP contribution in [0.25, 0.3) is 0 Å². The van der Waals surface area contributed by atoms with Crippen molar-refractivity contribution in [3.63, 3.8) is 0 Å². The Balaban J connectivity index is 2.63. The minimum atomic E-state index is -0.440. The molecular formula is C11H14FNO2S. The number of amides is 1. The molecule has 0 fully saturated rings. The van der Waals surface area contributed by atoms with Gasteiger partial charge in [0.05, 0.1) is 6.10 Å². The fourth-order valence-electron chi connectivity index (χ4n) is 1.08. The van der Waals surface area contributed by atoms with Gasteiger partial charge in [-0.2, -0.15) is 0 Å². The summed E-state index contributed by atoms with van der Waals surface area (Å²) in [6.07, 6.45) is -0.0557. The molecule has 0 aliphatic carbocycles. The zero-order valence-electron chi connectivity index (χ0n) is 9.16. The van der Waals surface area contributed by atoms with E-state index >= 15 is 0 Å². The number of carbonyl (C=O) groups excluding carboxylic acids is 1. The lowest BCUT2D eigenvalue weighted by Gasteiger charge is -2.10. The van der Waals surface area contributed by atoms with E-state index in [0.717, 1.165) is 0 Å². The van der Waals surface area contributed by atoms with E-state index in [9.17, 15) is 9.18 Å². The van der Waals surface area contributed by atoms with Crippen molar-refractivity contribution >= 4 is 18.5 Å². The van der Waals surface area contributed by atoms with E-state index in [4.69, 9.17) is 4.74 Å². The van der Waals surface area contributed by atoms with Gasteiger partial charge in [0.15, 0.2) is 0 Å². The third-order valence-electron chi connectivity index (χ3n) is 2.16. The highest BCUT2D eigenvalue weighted by molar-refractivity contribution is 7.80. The summed E-state index contributed by atoms with van der Waals surface area (Å²) in [7, 11) is 1.57. The van der Waals surface area contributed by atoms with E-state index in [1.807, 2.05) is 6.92 Å². The van der Waals surface area contributed by atoms with E-state index in [2.05, 4.69) is 17.9 Å². The van der Waals surface area contributed by atoms with Crippen molar-refractivity contribution < 1.29 is 13.9 Å². The number of hydrogen-bond acceptors (Lipinski definition) is 3. The molecule has 0 saturated carbocycles. The van der Waals surface area contributed by atoms with E-state index in [1.165, 1.54) is 18.2 Å². The molecule has 1 N–H and O–H groups in total. The summed E-state index contributed by atoms with van der Waals surface area (Å²) in [5.74, 6) is -0.704. The van der Waals surface area contributed by atoms with Crippen LogP contribution >= 0.6 is 12.6 Å². The van der Waals surface area contributed by atoms with Crippen LogP contribution in [0.1, 0.15) is 17.3 Å². The quantitative estimate of drug-likeness (QED) is 0.792. The minimum Gasteiger partial charge on any atom is -0.380 e. The molecule has 3 nitrogen and oxygen atoms in total. The molecule has 1 aromatic carbocycles. The van der Waals surface area contributed by atoms with Crippen LogP contribution in [-0.4, -0.2) is 25.7 Å². The molecule has 0 aromatic heterocycles. The van der Waals surface area contributed by atoms with Gasteiger partial charge in [-0.15, -0.1) is 12.6 Å².